The smallest absolute Gasteiger partial charge is 0.325 e. The number of amides is 4. The number of piperazine rings is 1. The van der Waals surface area contributed by atoms with Crippen LogP contribution in [0.1, 0.15) is 44.1 Å². The number of hydrogen-bond donors (Lipinski definition) is 2. The number of nitrogens with one attached hydrogen (secondary N) is 2. The van der Waals surface area contributed by atoms with Gasteiger partial charge in [-0.05, 0) is 36.1 Å². The molecule has 2 N–H and O–H groups in total. The summed E-state index contributed by atoms with van der Waals surface area (Å²) in [7, 11) is 0. The summed E-state index contributed by atoms with van der Waals surface area (Å²) in [5.74, 6) is 0.0466. The van der Waals surface area contributed by atoms with Crippen molar-refractivity contribution >= 4 is 29.2 Å². The summed E-state index contributed by atoms with van der Waals surface area (Å²) in [6.45, 7) is 4.87. The van der Waals surface area contributed by atoms with Crippen molar-refractivity contribution in [2.75, 3.05) is 32.7 Å². The number of carbonyl (C=O) groups excluding carboxylic acids is 3. The minimum atomic E-state index is -0.650. The topological polar surface area (TPSA) is 74.2 Å². The fourth-order valence-electron chi connectivity index (χ4n) is 4.67. The quantitative estimate of drug-likeness (QED) is 0.682. The van der Waals surface area contributed by atoms with Crippen molar-refractivity contribution in [2.45, 2.75) is 50.6 Å². The molecule has 1 spiro atoms. The van der Waals surface area contributed by atoms with Gasteiger partial charge in [-0.1, -0.05) is 12.8 Å². The monoisotopic (exact) mass is 405 g/mol. The van der Waals surface area contributed by atoms with E-state index in [9.17, 15) is 14.4 Å². The number of urea groups is 1. The van der Waals surface area contributed by atoms with Crippen LogP contribution in [0.5, 0.6) is 0 Å². The van der Waals surface area contributed by atoms with E-state index in [-0.39, 0.29) is 17.8 Å². The molecule has 28 heavy (non-hydrogen) atoms. The molecular formula is C20H29N4O3S+. The Labute approximate surface area is 169 Å². The molecule has 1 aromatic heterocycles. The highest BCUT2D eigenvalue weighted by atomic mass is 32.1. The molecule has 1 saturated carbocycles. The summed E-state index contributed by atoms with van der Waals surface area (Å²) in [5, 5.41) is 7.19. The summed E-state index contributed by atoms with van der Waals surface area (Å²) in [6, 6.07) is 1.88. The summed E-state index contributed by atoms with van der Waals surface area (Å²) in [6.07, 6.45) is 4.38. The average molecular weight is 406 g/mol. The van der Waals surface area contributed by atoms with Crippen molar-refractivity contribution in [2.24, 2.45) is 0 Å². The van der Waals surface area contributed by atoms with Crippen LogP contribution in [0.2, 0.25) is 0 Å². The Morgan fingerprint density at radius 1 is 1.21 bits per heavy atom. The van der Waals surface area contributed by atoms with Crippen LogP contribution >= 0.6 is 11.3 Å². The zero-order valence-corrected chi connectivity index (χ0v) is 17.1. The molecule has 3 heterocycles. The van der Waals surface area contributed by atoms with Crippen LogP contribution in [0.25, 0.3) is 0 Å². The molecule has 3 aliphatic rings. The molecule has 0 bridgehead atoms. The second-order valence-corrected chi connectivity index (χ2v) is 9.00. The number of thiophene rings is 1. The van der Waals surface area contributed by atoms with Crippen LogP contribution in [0, 0.1) is 0 Å². The van der Waals surface area contributed by atoms with E-state index in [1.165, 1.54) is 15.4 Å². The highest BCUT2D eigenvalue weighted by Crippen LogP contribution is 2.35. The number of rotatable bonds is 6. The van der Waals surface area contributed by atoms with Gasteiger partial charge in [0.2, 0.25) is 5.91 Å². The van der Waals surface area contributed by atoms with Crippen LogP contribution in [0.15, 0.2) is 16.8 Å². The van der Waals surface area contributed by atoms with Crippen molar-refractivity contribution in [1.82, 2.24) is 15.1 Å². The maximum absolute atomic E-state index is 12.6. The molecule has 1 aromatic rings. The second-order valence-electron chi connectivity index (χ2n) is 8.22. The summed E-state index contributed by atoms with van der Waals surface area (Å²) in [5.41, 5.74) is 0.719. The van der Waals surface area contributed by atoms with Gasteiger partial charge in [-0.15, -0.1) is 0 Å². The first-order chi connectivity index (χ1) is 13.6. The minimum Gasteiger partial charge on any atom is -0.331 e. The first kappa shape index (κ1) is 19.4. The van der Waals surface area contributed by atoms with Gasteiger partial charge in [0, 0.05) is 18.5 Å². The fraction of sp³-hybridized carbons (Fsp3) is 0.650. The fourth-order valence-corrected chi connectivity index (χ4v) is 5.34. The van der Waals surface area contributed by atoms with Gasteiger partial charge in [0.1, 0.15) is 12.1 Å². The predicted molar refractivity (Wildman–Crippen MR) is 106 cm³/mol. The van der Waals surface area contributed by atoms with Crippen molar-refractivity contribution in [3.8, 4) is 0 Å². The predicted octanol–water partition coefficient (Wildman–Crippen LogP) is 0.620. The normalized spacial score (nSPS) is 22.3. The molecule has 0 unspecified atom stereocenters. The van der Waals surface area contributed by atoms with E-state index in [1.54, 1.807) is 11.3 Å². The maximum Gasteiger partial charge on any atom is 0.325 e. The third-order valence-electron chi connectivity index (χ3n) is 6.33. The highest BCUT2D eigenvalue weighted by molar-refractivity contribution is 7.07. The van der Waals surface area contributed by atoms with E-state index >= 15 is 0 Å². The zero-order chi connectivity index (χ0) is 19.6. The Hall–Kier alpha value is -1.93. The average Bonchev–Trinajstić information content (AvgIpc) is 3.41. The van der Waals surface area contributed by atoms with Gasteiger partial charge in [0.25, 0.3) is 5.91 Å². The van der Waals surface area contributed by atoms with Crippen molar-refractivity contribution in [3.63, 3.8) is 0 Å². The minimum absolute atomic E-state index is 0.0897. The third kappa shape index (κ3) is 3.93. The van der Waals surface area contributed by atoms with E-state index in [0.717, 1.165) is 58.4 Å². The lowest BCUT2D eigenvalue weighted by Crippen LogP contribution is -3.13. The first-order valence-corrected chi connectivity index (χ1v) is 11.3. The van der Waals surface area contributed by atoms with E-state index in [0.29, 0.717) is 19.4 Å². The number of hydrogen-bond acceptors (Lipinski definition) is 4. The molecule has 2 saturated heterocycles. The molecular weight excluding hydrogens is 376 g/mol. The lowest BCUT2D eigenvalue weighted by Gasteiger charge is -2.32. The molecule has 2 aliphatic heterocycles. The molecule has 152 valence electrons. The zero-order valence-electron chi connectivity index (χ0n) is 16.2. The Morgan fingerprint density at radius 3 is 2.64 bits per heavy atom. The van der Waals surface area contributed by atoms with Crippen molar-refractivity contribution < 1.29 is 19.3 Å². The molecule has 8 heteroatoms. The Bertz CT molecular complexity index is 722. The van der Waals surface area contributed by atoms with Gasteiger partial charge in [-0.3, -0.25) is 14.5 Å². The van der Waals surface area contributed by atoms with Crippen LogP contribution in [-0.4, -0.2) is 65.9 Å². The van der Waals surface area contributed by atoms with Crippen LogP contribution in [0.3, 0.4) is 0 Å². The molecule has 0 atom stereocenters. The third-order valence-corrected chi connectivity index (χ3v) is 7.06. The number of carbonyl (C=O) groups is 3. The Morgan fingerprint density at radius 2 is 1.96 bits per heavy atom. The largest absolute Gasteiger partial charge is 0.331 e. The Balaban J connectivity index is 1.19. The van der Waals surface area contributed by atoms with Crippen molar-refractivity contribution in [1.29, 1.82) is 0 Å². The molecule has 3 fully saturated rings. The molecule has 1 aliphatic carbocycles. The summed E-state index contributed by atoms with van der Waals surface area (Å²) < 4.78 is 0. The van der Waals surface area contributed by atoms with Gasteiger partial charge >= 0.3 is 6.03 Å². The van der Waals surface area contributed by atoms with Crippen LogP contribution in [0.4, 0.5) is 4.79 Å². The molecule has 4 amide bonds. The SMILES string of the molecule is O=C(CCCN1C(=O)NC2(CCCC2)C1=O)N1CC[NH+](Cc2ccsc2)CC1. The molecule has 0 aromatic carbocycles. The van der Waals surface area contributed by atoms with E-state index in [1.807, 2.05) is 4.90 Å². The molecule has 0 radical (unpaired) electrons. The molecule has 7 nitrogen and oxygen atoms in total. The summed E-state index contributed by atoms with van der Waals surface area (Å²) >= 11 is 1.73. The lowest BCUT2D eigenvalue weighted by atomic mass is 9.98. The number of quaternary nitrogens is 1. The summed E-state index contributed by atoms with van der Waals surface area (Å²) in [4.78, 5) is 42.1. The maximum atomic E-state index is 12.6. The lowest BCUT2D eigenvalue weighted by molar-refractivity contribution is -0.917. The standard InChI is InChI=1S/C20H28N4O3S/c25-17(23-11-9-22(10-12-23)14-16-5-13-28-15-16)4-3-8-24-18(26)20(21-19(24)27)6-1-2-7-20/h5,13,15H,1-4,6-12,14H2,(H,21,27)/p+1. The van der Waals surface area contributed by atoms with Crippen LogP contribution < -0.4 is 10.2 Å². The highest BCUT2D eigenvalue weighted by Gasteiger charge is 2.52. The Kier molecular flexibility index (Phi) is 5.68. The number of imide groups is 1. The van der Waals surface area contributed by atoms with E-state index < -0.39 is 5.54 Å². The van der Waals surface area contributed by atoms with Crippen molar-refractivity contribution in [3.05, 3.63) is 22.4 Å². The van der Waals surface area contributed by atoms with E-state index in [4.69, 9.17) is 0 Å². The van der Waals surface area contributed by atoms with Gasteiger partial charge in [-0.2, -0.15) is 11.3 Å². The van der Waals surface area contributed by atoms with Gasteiger partial charge < -0.3 is 15.1 Å². The van der Waals surface area contributed by atoms with Gasteiger partial charge in [-0.25, -0.2) is 4.79 Å². The first-order valence-electron chi connectivity index (χ1n) is 10.3. The van der Waals surface area contributed by atoms with Crippen LogP contribution in [-0.2, 0) is 16.1 Å². The molecule has 4 rings (SSSR count). The second kappa shape index (κ2) is 8.21. The van der Waals surface area contributed by atoms with Gasteiger partial charge in [0.05, 0.1) is 26.2 Å². The number of nitrogens with zero attached hydrogens (tertiary/aromatic N) is 2. The van der Waals surface area contributed by atoms with Gasteiger partial charge in [0.15, 0.2) is 0 Å². The van der Waals surface area contributed by atoms with E-state index in [2.05, 4.69) is 22.1 Å².